The van der Waals surface area contributed by atoms with Crippen molar-refractivity contribution >= 4 is 33.2 Å². The van der Waals surface area contributed by atoms with Gasteiger partial charge in [-0.1, -0.05) is 24.6 Å². The number of hydrogen-bond acceptors (Lipinski definition) is 2. The second kappa shape index (κ2) is 6.83. The third-order valence-electron chi connectivity index (χ3n) is 2.99. The molecule has 2 nitrogen and oxygen atoms in total. The number of rotatable bonds is 3. The molecule has 3 rings (SSSR count). The molecule has 5 heteroatoms. The van der Waals surface area contributed by atoms with Crippen molar-refractivity contribution in [3.63, 3.8) is 0 Å². The van der Waals surface area contributed by atoms with Gasteiger partial charge >= 0.3 is 0 Å². The molecule has 0 aliphatic heterocycles. The highest BCUT2D eigenvalue weighted by Gasteiger charge is 2.09. The van der Waals surface area contributed by atoms with Crippen LogP contribution in [-0.4, -0.2) is 4.98 Å². The monoisotopic (exact) mass is 416 g/mol. The molecule has 0 atom stereocenters. The van der Waals surface area contributed by atoms with Crippen molar-refractivity contribution in [2.45, 2.75) is 19.9 Å². The Labute approximate surface area is 144 Å². The van der Waals surface area contributed by atoms with Crippen molar-refractivity contribution < 1.29 is 28.5 Å². The van der Waals surface area contributed by atoms with Gasteiger partial charge in [-0.05, 0) is 12.1 Å². The zero-order valence-corrected chi connectivity index (χ0v) is 14.7. The second-order valence-electron chi connectivity index (χ2n) is 4.43. The van der Waals surface area contributed by atoms with Gasteiger partial charge in [0.15, 0.2) is 12.4 Å². The largest absolute Gasteiger partial charge is 1.00 e. The van der Waals surface area contributed by atoms with E-state index in [4.69, 9.17) is 11.6 Å². The van der Waals surface area contributed by atoms with Gasteiger partial charge in [-0.3, -0.25) is 0 Å². The SMILES string of the molecule is CCC[n+]1ccc(-c2nc3c(Cl)cccc3s2)cc1.[I-]. The van der Waals surface area contributed by atoms with Crippen LogP contribution in [-0.2, 0) is 6.54 Å². The highest BCUT2D eigenvalue weighted by Crippen LogP contribution is 2.32. The van der Waals surface area contributed by atoms with Gasteiger partial charge in [0.05, 0.1) is 9.72 Å². The molecule has 0 unspecified atom stereocenters. The van der Waals surface area contributed by atoms with E-state index in [0.29, 0.717) is 0 Å². The van der Waals surface area contributed by atoms with E-state index in [1.807, 2.05) is 12.1 Å². The second-order valence-corrected chi connectivity index (χ2v) is 5.87. The Bertz CT molecular complexity index is 709. The van der Waals surface area contributed by atoms with E-state index >= 15 is 0 Å². The number of aromatic nitrogens is 2. The highest BCUT2D eigenvalue weighted by molar-refractivity contribution is 7.21. The van der Waals surface area contributed by atoms with Crippen LogP contribution >= 0.6 is 22.9 Å². The zero-order valence-electron chi connectivity index (χ0n) is 11.0. The smallest absolute Gasteiger partial charge is 0.169 e. The van der Waals surface area contributed by atoms with Crippen LogP contribution in [0.1, 0.15) is 13.3 Å². The maximum Gasteiger partial charge on any atom is 0.169 e. The number of aryl methyl sites for hydroxylation is 1. The fourth-order valence-electron chi connectivity index (χ4n) is 2.05. The summed E-state index contributed by atoms with van der Waals surface area (Å²) in [5.41, 5.74) is 2.04. The van der Waals surface area contributed by atoms with Crippen LogP contribution in [0.25, 0.3) is 20.8 Å². The van der Waals surface area contributed by atoms with Crippen molar-refractivity contribution in [1.82, 2.24) is 4.98 Å². The Morgan fingerprint density at radius 1 is 1.20 bits per heavy atom. The quantitative estimate of drug-likeness (QED) is 0.465. The van der Waals surface area contributed by atoms with Crippen molar-refractivity contribution in [3.8, 4) is 10.6 Å². The van der Waals surface area contributed by atoms with Crippen LogP contribution in [0.3, 0.4) is 0 Å². The first-order valence-corrected chi connectivity index (χ1v) is 7.52. The Hall–Kier alpha value is -0.720. The molecule has 0 saturated heterocycles. The molecule has 0 spiro atoms. The summed E-state index contributed by atoms with van der Waals surface area (Å²) in [5, 5.41) is 1.74. The Kier molecular flexibility index (Phi) is 5.35. The van der Waals surface area contributed by atoms with Crippen LogP contribution in [0.15, 0.2) is 42.7 Å². The number of fused-ring (bicyclic) bond motifs is 1. The lowest BCUT2D eigenvalue weighted by molar-refractivity contribution is -0.696. The molecule has 0 radical (unpaired) electrons. The fraction of sp³-hybridized carbons (Fsp3) is 0.200. The van der Waals surface area contributed by atoms with Crippen LogP contribution in [0.4, 0.5) is 0 Å². The molecule has 0 amide bonds. The molecule has 0 bridgehead atoms. The molecule has 0 aliphatic rings. The first-order valence-electron chi connectivity index (χ1n) is 6.32. The zero-order chi connectivity index (χ0) is 13.2. The fourth-order valence-corrected chi connectivity index (χ4v) is 3.32. The summed E-state index contributed by atoms with van der Waals surface area (Å²) in [5.74, 6) is 0. The number of hydrogen-bond donors (Lipinski definition) is 0. The van der Waals surface area contributed by atoms with Gasteiger partial charge in [0.25, 0.3) is 0 Å². The van der Waals surface area contributed by atoms with Crippen molar-refractivity contribution in [2.75, 3.05) is 0 Å². The number of para-hydroxylation sites is 1. The molecular formula is C15H14ClIN2S. The van der Waals surface area contributed by atoms with Gasteiger partial charge in [-0.25, -0.2) is 9.55 Å². The highest BCUT2D eigenvalue weighted by atomic mass is 127. The minimum Gasteiger partial charge on any atom is -1.00 e. The van der Waals surface area contributed by atoms with Crippen LogP contribution in [0.5, 0.6) is 0 Å². The van der Waals surface area contributed by atoms with Gasteiger partial charge < -0.3 is 24.0 Å². The summed E-state index contributed by atoms with van der Waals surface area (Å²) in [7, 11) is 0. The topological polar surface area (TPSA) is 16.8 Å². The molecule has 1 aromatic carbocycles. The molecule has 3 aromatic rings. The lowest BCUT2D eigenvalue weighted by Crippen LogP contribution is -3.00. The Morgan fingerprint density at radius 3 is 2.60 bits per heavy atom. The van der Waals surface area contributed by atoms with Crippen LogP contribution < -0.4 is 28.5 Å². The Balaban J connectivity index is 0.00000147. The van der Waals surface area contributed by atoms with Gasteiger partial charge in [0.2, 0.25) is 0 Å². The van der Waals surface area contributed by atoms with E-state index < -0.39 is 0 Å². The summed E-state index contributed by atoms with van der Waals surface area (Å²) < 4.78 is 3.32. The lowest BCUT2D eigenvalue weighted by atomic mass is 10.3. The third kappa shape index (κ3) is 3.13. The molecule has 2 aromatic heterocycles. The number of pyridine rings is 1. The van der Waals surface area contributed by atoms with Crippen LogP contribution in [0.2, 0.25) is 5.02 Å². The van der Waals surface area contributed by atoms with Crippen molar-refractivity contribution in [1.29, 1.82) is 0 Å². The third-order valence-corrected chi connectivity index (χ3v) is 4.36. The van der Waals surface area contributed by atoms with Gasteiger partial charge in [0.1, 0.15) is 17.1 Å². The van der Waals surface area contributed by atoms with E-state index in [9.17, 15) is 0 Å². The minimum atomic E-state index is 0. The number of halogens is 2. The summed E-state index contributed by atoms with van der Waals surface area (Å²) in [6.07, 6.45) is 5.35. The Morgan fingerprint density at radius 2 is 1.95 bits per heavy atom. The molecule has 0 N–H and O–H groups in total. The maximum atomic E-state index is 6.16. The molecule has 2 heterocycles. The molecule has 0 fully saturated rings. The average molecular weight is 417 g/mol. The summed E-state index contributed by atoms with van der Waals surface area (Å²) in [6.45, 7) is 3.22. The predicted molar refractivity (Wildman–Crippen MR) is 80.6 cm³/mol. The summed E-state index contributed by atoms with van der Waals surface area (Å²) in [4.78, 5) is 4.64. The minimum absolute atomic E-state index is 0. The van der Waals surface area contributed by atoms with E-state index in [0.717, 1.165) is 38.8 Å². The standard InChI is InChI=1S/C15H14ClN2S.HI/c1-2-8-18-9-6-11(7-10-18)15-17-14-12(16)4-3-5-13(14)19-15;/h3-7,9-10H,2,8H2,1H3;1H/q+1;/p-1. The summed E-state index contributed by atoms with van der Waals surface area (Å²) >= 11 is 7.84. The van der Waals surface area contributed by atoms with Gasteiger partial charge in [-0.2, -0.15) is 0 Å². The number of thiazole rings is 1. The maximum absolute atomic E-state index is 6.16. The molecule has 104 valence electrons. The van der Waals surface area contributed by atoms with Crippen LogP contribution in [0, 0.1) is 0 Å². The first kappa shape index (κ1) is 15.7. The van der Waals surface area contributed by atoms with Crippen molar-refractivity contribution in [2.24, 2.45) is 0 Å². The number of benzene rings is 1. The molecule has 0 saturated carbocycles. The predicted octanol–water partition coefficient (Wildman–Crippen LogP) is 1.32. The van der Waals surface area contributed by atoms with Crippen molar-refractivity contribution in [3.05, 3.63) is 47.7 Å². The average Bonchev–Trinajstić information content (AvgIpc) is 2.85. The lowest BCUT2D eigenvalue weighted by Gasteiger charge is -1.95. The summed E-state index contributed by atoms with van der Waals surface area (Å²) in [6, 6.07) is 10.1. The van der Waals surface area contributed by atoms with Gasteiger partial charge in [0, 0.05) is 24.1 Å². The molecule has 0 aliphatic carbocycles. The first-order chi connectivity index (χ1) is 9.28. The van der Waals surface area contributed by atoms with E-state index in [-0.39, 0.29) is 24.0 Å². The van der Waals surface area contributed by atoms with E-state index in [1.165, 1.54) is 0 Å². The molecule has 20 heavy (non-hydrogen) atoms. The van der Waals surface area contributed by atoms with Gasteiger partial charge in [-0.15, -0.1) is 11.3 Å². The molecular weight excluding hydrogens is 403 g/mol. The normalized spacial score (nSPS) is 10.5. The number of nitrogens with zero attached hydrogens (tertiary/aromatic N) is 2. The van der Waals surface area contributed by atoms with E-state index in [2.05, 4.69) is 47.1 Å². The van der Waals surface area contributed by atoms with E-state index in [1.54, 1.807) is 11.3 Å².